The Bertz CT molecular complexity index is 275. The number of nitrogens with zero attached hydrogens (tertiary/aromatic N) is 1. The van der Waals surface area contributed by atoms with Gasteiger partial charge in [0.15, 0.2) is 0 Å². The summed E-state index contributed by atoms with van der Waals surface area (Å²) in [4.78, 5) is 4.15. The second kappa shape index (κ2) is 3.62. The molecule has 0 aliphatic heterocycles. The van der Waals surface area contributed by atoms with Gasteiger partial charge in [0.05, 0.1) is 0 Å². The fourth-order valence-corrected chi connectivity index (χ4v) is 4.67. The lowest BCUT2D eigenvalue weighted by molar-refractivity contribution is -0.0105. The van der Waals surface area contributed by atoms with Crippen molar-refractivity contribution in [3.05, 3.63) is 0 Å². The lowest BCUT2D eigenvalue weighted by Gasteiger charge is -2.57. The molecule has 0 aromatic carbocycles. The number of guanidine groups is 1. The smallest absolute Gasteiger partial charge is 0.205 e. The van der Waals surface area contributed by atoms with E-state index in [2.05, 4.69) is 15.7 Å². The average molecular weight is 222 g/mol. The summed E-state index contributed by atoms with van der Waals surface area (Å²) in [5.74, 6) is 9.08. The maximum Gasteiger partial charge on any atom is 0.205 e. The molecule has 0 heterocycles. The lowest BCUT2D eigenvalue weighted by atomic mass is 9.53. The zero-order valence-corrected chi connectivity index (χ0v) is 10.00. The van der Waals surface area contributed by atoms with Gasteiger partial charge in [-0.15, -0.1) is 0 Å². The van der Waals surface area contributed by atoms with Gasteiger partial charge in [0.1, 0.15) is 0 Å². The molecule has 0 atom stereocenters. The minimum Gasteiger partial charge on any atom is -0.350 e. The quantitative estimate of drug-likeness (QED) is 0.268. The SMILES string of the molecule is CN=C(NN)NC12CC3CC(CC(C3)C1)C2. The van der Waals surface area contributed by atoms with Gasteiger partial charge in [-0.3, -0.25) is 10.4 Å². The number of hydrazine groups is 1. The summed E-state index contributed by atoms with van der Waals surface area (Å²) in [7, 11) is 1.78. The third kappa shape index (κ3) is 1.59. The molecule has 0 unspecified atom stereocenters. The van der Waals surface area contributed by atoms with Crippen LogP contribution in [0.25, 0.3) is 0 Å². The largest absolute Gasteiger partial charge is 0.350 e. The van der Waals surface area contributed by atoms with Crippen LogP contribution in [0.1, 0.15) is 38.5 Å². The monoisotopic (exact) mass is 222 g/mol. The zero-order valence-electron chi connectivity index (χ0n) is 10.00. The molecule has 4 aliphatic carbocycles. The van der Waals surface area contributed by atoms with Gasteiger partial charge in [0.25, 0.3) is 0 Å². The number of rotatable bonds is 1. The van der Waals surface area contributed by atoms with Gasteiger partial charge in [-0.2, -0.15) is 0 Å². The van der Waals surface area contributed by atoms with Crippen molar-refractivity contribution >= 4 is 5.96 Å². The summed E-state index contributed by atoms with van der Waals surface area (Å²) >= 11 is 0. The van der Waals surface area contributed by atoms with Crippen LogP contribution in [-0.4, -0.2) is 18.5 Å². The topological polar surface area (TPSA) is 62.4 Å². The number of aliphatic imine (C=N–C) groups is 1. The molecule has 4 rings (SSSR count). The van der Waals surface area contributed by atoms with E-state index in [1.807, 2.05) is 0 Å². The fourth-order valence-electron chi connectivity index (χ4n) is 4.67. The Labute approximate surface area is 97.0 Å². The van der Waals surface area contributed by atoms with Gasteiger partial charge >= 0.3 is 0 Å². The van der Waals surface area contributed by atoms with Crippen LogP contribution in [0.3, 0.4) is 0 Å². The molecule has 0 aromatic heterocycles. The highest BCUT2D eigenvalue weighted by Gasteiger charge is 2.51. The van der Waals surface area contributed by atoms with E-state index in [-0.39, 0.29) is 0 Å². The maximum atomic E-state index is 5.47. The number of nitrogens with one attached hydrogen (secondary N) is 2. The summed E-state index contributed by atoms with van der Waals surface area (Å²) in [5, 5.41) is 3.57. The van der Waals surface area contributed by atoms with Gasteiger partial charge in [-0.05, 0) is 56.3 Å². The van der Waals surface area contributed by atoms with Crippen molar-refractivity contribution in [3.8, 4) is 0 Å². The van der Waals surface area contributed by atoms with E-state index in [4.69, 9.17) is 5.84 Å². The van der Waals surface area contributed by atoms with Crippen molar-refractivity contribution in [2.75, 3.05) is 7.05 Å². The van der Waals surface area contributed by atoms with E-state index in [1.54, 1.807) is 7.05 Å². The van der Waals surface area contributed by atoms with Crippen molar-refractivity contribution in [1.29, 1.82) is 0 Å². The normalized spacial score (nSPS) is 45.9. The first-order valence-corrected chi connectivity index (χ1v) is 6.44. The van der Waals surface area contributed by atoms with Crippen molar-refractivity contribution < 1.29 is 0 Å². The molecule has 0 amide bonds. The molecule has 0 spiro atoms. The van der Waals surface area contributed by atoms with Crippen LogP contribution in [0.2, 0.25) is 0 Å². The molecule has 0 aromatic rings. The molecule has 90 valence electrons. The molecule has 4 bridgehead atoms. The molecule has 16 heavy (non-hydrogen) atoms. The standard InChI is InChI=1S/C12H22N4/c1-14-11(16-13)15-12-5-8-2-9(6-12)4-10(3-8)7-12/h8-10H,2-7,13H2,1H3,(H2,14,15,16). The first-order chi connectivity index (χ1) is 7.73. The average Bonchev–Trinajstić information content (AvgIpc) is 2.24. The summed E-state index contributed by atoms with van der Waals surface area (Å²) in [6, 6.07) is 0. The summed E-state index contributed by atoms with van der Waals surface area (Å²) in [6.07, 6.45) is 8.36. The van der Waals surface area contributed by atoms with Gasteiger partial charge < -0.3 is 5.32 Å². The van der Waals surface area contributed by atoms with Crippen LogP contribution in [0.5, 0.6) is 0 Å². The van der Waals surface area contributed by atoms with Crippen LogP contribution in [0.4, 0.5) is 0 Å². The lowest BCUT2D eigenvalue weighted by Crippen LogP contribution is -2.62. The van der Waals surface area contributed by atoms with Crippen LogP contribution in [-0.2, 0) is 0 Å². The van der Waals surface area contributed by atoms with E-state index in [9.17, 15) is 0 Å². The minimum atomic E-state index is 0.302. The first kappa shape index (κ1) is 10.4. The first-order valence-electron chi connectivity index (χ1n) is 6.44. The van der Waals surface area contributed by atoms with E-state index >= 15 is 0 Å². The van der Waals surface area contributed by atoms with Crippen molar-refractivity contribution in [2.45, 2.75) is 44.1 Å². The Hall–Kier alpha value is -0.770. The Morgan fingerprint density at radius 1 is 1.12 bits per heavy atom. The van der Waals surface area contributed by atoms with Crippen LogP contribution in [0.15, 0.2) is 4.99 Å². The highest BCUT2D eigenvalue weighted by molar-refractivity contribution is 5.79. The van der Waals surface area contributed by atoms with Gasteiger partial charge in [0.2, 0.25) is 5.96 Å². The van der Waals surface area contributed by atoms with E-state index in [1.165, 1.54) is 38.5 Å². The molecule has 4 nitrogen and oxygen atoms in total. The van der Waals surface area contributed by atoms with Crippen molar-refractivity contribution in [1.82, 2.24) is 10.7 Å². The molecule has 4 heteroatoms. The molecule has 0 saturated heterocycles. The predicted molar refractivity (Wildman–Crippen MR) is 64.7 cm³/mol. The Kier molecular flexibility index (Phi) is 2.35. The molecule has 4 aliphatic rings. The van der Waals surface area contributed by atoms with Gasteiger partial charge in [-0.25, -0.2) is 5.84 Å². The Morgan fingerprint density at radius 2 is 1.62 bits per heavy atom. The second-order valence-corrected chi connectivity index (χ2v) is 6.04. The van der Waals surface area contributed by atoms with Crippen LogP contribution < -0.4 is 16.6 Å². The van der Waals surface area contributed by atoms with Gasteiger partial charge in [0, 0.05) is 12.6 Å². The van der Waals surface area contributed by atoms with Crippen LogP contribution >= 0.6 is 0 Å². The number of hydrogen-bond donors (Lipinski definition) is 3. The summed E-state index contributed by atoms with van der Waals surface area (Å²) in [5.41, 5.74) is 2.97. The summed E-state index contributed by atoms with van der Waals surface area (Å²) < 4.78 is 0. The minimum absolute atomic E-state index is 0.302. The summed E-state index contributed by atoms with van der Waals surface area (Å²) in [6.45, 7) is 0. The van der Waals surface area contributed by atoms with E-state index < -0.39 is 0 Å². The molecule has 4 saturated carbocycles. The van der Waals surface area contributed by atoms with E-state index in [0.29, 0.717) is 5.54 Å². The number of hydrogen-bond acceptors (Lipinski definition) is 2. The molecular formula is C12H22N4. The van der Waals surface area contributed by atoms with Crippen molar-refractivity contribution in [3.63, 3.8) is 0 Å². The molecule has 4 N–H and O–H groups in total. The molecule has 4 fully saturated rings. The van der Waals surface area contributed by atoms with Gasteiger partial charge in [-0.1, -0.05) is 0 Å². The fraction of sp³-hybridized carbons (Fsp3) is 0.917. The second-order valence-electron chi connectivity index (χ2n) is 6.04. The highest BCUT2D eigenvalue weighted by atomic mass is 15.3. The third-order valence-corrected chi connectivity index (χ3v) is 4.78. The Morgan fingerprint density at radius 3 is 2.00 bits per heavy atom. The molecular weight excluding hydrogens is 200 g/mol. The van der Waals surface area contributed by atoms with E-state index in [0.717, 1.165) is 23.7 Å². The predicted octanol–water partition coefficient (Wildman–Crippen LogP) is 0.994. The van der Waals surface area contributed by atoms with Crippen LogP contribution in [0, 0.1) is 17.8 Å². The maximum absolute atomic E-state index is 5.47. The number of nitrogens with two attached hydrogens (primary N) is 1. The molecule has 0 radical (unpaired) electrons. The van der Waals surface area contributed by atoms with Crippen molar-refractivity contribution in [2.24, 2.45) is 28.6 Å². The zero-order chi connectivity index (χ0) is 11.2. The third-order valence-electron chi connectivity index (χ3n) is 4.78. The Balaban J connectivity index is 1.78. The highest BCUT2D eigenvalue weighted by Crippen LogP contribution is 2.55.